The highest BCUT2D eigenvalue weighted by atomic mass is 35.5. The summed E-state index contributed by atoms with van der Waals surface area (Å²) in [6, 6.07) is 3.62. The van der Waals surface area contributed by atoms with Crippen molar-refractivity contribution in [3.05, 3.63) is 29.0 Å². The summed E-state index contributed by atoms with van der Waals surface area (Å²) in [5.74, 6) is 1.27. The molecule has 8 heteroatoms. The molecule has 0 spiro atoms. The smallest absolute Gasteiger partial charge is 0.224 e. The fourth-order valence-electron chi connectivity index (χ4n) is 2.00. The van der Waals surface area contributed by atoms with Gasteiger partial charge in [0.05, 0.1) is 19.1 Å². The molecule has 0 atom stereocenters. The number of nitrogens with zero attached hydrogens (tertiary/aromatic N) is 3. The molecule has 0 bridgehead atoms. The van der Waals surface area contributed by atoms with Crippen molar-refractivity contribution < 1.29 is 4.74 Å². The van der Waals surface area contributed by atoms with Gasteiger partial charge in [0, 0.05) is 11.1 Å². The molecule has 0 aliphatic rings. The van der Waals surface area contributed by atoms with Crippen LogP contribution in [0.25, 0.3) is 11.2 Å². The Labute approximate surface area is 125 Å². The van der Waals surface area contributed by atoms with Crippen LogP contribution in [0.4, 0.5) is 17.5 Å². The van der Waals surface area contributed by atoms with Gasteiger partial charge in [-0.05, 0) is 18.6 Å². The van der Waals surface area contributed by atoms with E-state index in [1.165, 1.54) is 6.33 Å². The fraction of sp³-hybridized carbons (Fsp3) is 0.154. The molecule has 0 saturated heterocycles. The minimum Gasteiger partial charge on any atom is -0.495 e. The molecule has 3 aromatic rings. The van der Waals surface area contributed by atoms with E-state index in [-0.39, 0.29) is 5.95 Å². The SMILES string of the molecule is COc1cc(Cl)c(C)cc1Nc1nc(N)nc2nc[nH]c12. The molecule has 3 rings (SSSR count). The van der Waals surface area contributed by atoms with Gasteiger partial charge in [0.1, 0.15) is 11.3 Å². The number of ether oxygens (including phenoxy) is 1. The molecule has 0 saturated carbocycles. The highest BCUT2D eigenvalue weighted by Crippen LogP contribution is 2.33. The van der Waals surface area contributed by atoms with E-state index < -0.39 is 0 Å². The van der Waals surface area contributed by atoms with Gasteiger partial charge in [-0.2, -0.15) is 9.97 Å². The Balaban J connectivity index is 2.10. The molecule has 4 N–H and O–H groups in total. The first-order chi connectivity index (χ1) is 10.1. The van der Waals surface area contributed by atoms with Crippen LogP contribution in [0.2, 0.25) is 5.02 Å². The number of aryl methyl sites for hydroxylation is 1. The van der Waals surface area contributed by atoms with E-state index in [9.17, 15) is 0 Å². The molecular weight excluding hydrogens is 292 g/mol. The average molecular weight is 305 g/mol. The number of aromatic nitrogens is 4. The minimum absolute atomic E-state index is 0.141. The van der Waals surface area contributed by atoms with E-state index in [2.05, 4.69) is 25.3 Å². The lowest BCUT2D eigenvalue weighted by molar-refractivity contribution is 0.416. The van der Waals surface area contributed by atoms with Gasteiger partial charge < -0.3 is 20.8 Å². The third-order valence-corrected chi connectivity index (χ3v) is 3.44. The number of nitrogen functional groups attached to an aromatic ring is 1. The number of H-pyrrole nitrogens is 1. The first kappa shape index (κ1) is 13.4. The number of methoxy groups -OCH3 is 1. The Bertz CT molecular complexity index is 816. The Morgan fingerprint density at radius 2 is 2.14 bits per heavy atom. The second-order valence-corrected chi connectivity index (χ2v) is 4.87. The van der Waals surface area contributed by atoms with E-state index in [0.717, 1.165) is 11.3 Å². The molecule has 0 amide bonds. The van der Waals surface area contributed by atoms with Crippen LogP contribution in [0.3, 0.4) is 0 Å². The van der Waals surface area contributed by atoms with Crippen LogP contribution in [-0.4, -0.2) is 27.0 Å². The molecule has 0 unspecified atom stereocenters. The first-order valence-electron chi connectivity index (χ1n) is 6.16. The van der Waals surface area contributed by atoms with Crippen LogP contribution in [0.1, 0.15) is 5.56 Å². The Hall–Kier alpha value is -2.54. The van der Waals surface area contributed by atoms with Crippen LogP contribution >= 0.6 is 11.6 Å². The molecule has 0 aliphatic heterocycles. The van der Waals surface area contributed by atoms with Crippen molar-refractivity contribution in [3.8, 4) is 5.75 Å². The molecular formula is C13H13ClN6O. The Morgan fingerprint density at radius 1 is 1.33 bits per heavy atom. The van der Waals surface area contributed by atoms with Gasteiger partial charge in [-0.1, -0.05) is 11.6 Å². The van der Waals surface area contributed by atoms with Crippen LogP contribution in [0.15, 0.2) is 18.5 Å². The van der Waals surface area contributed by atoms with Gasteiger partial charge in [-0.25, -0.2) is 4.98 Å². The number of hydrogen-bond donors (Lipinski definition) is 3. The number of fused-ring (bicyclic) bond motifs is 1. The molecule has 21 heavy (non-hydrogen) atoms. The third kappa shape index (κ3) is 2.43. The molecule has 0 fully saturated rings. The van der Waals surface area contributed by atoms with Crippen molar-refractivity contribution in [2.45, 2.75) is 6.92 Å². The Morgan fingerprint density at radius 3 is 2.90 bits per heavy atom. The Kier molecular flexibility index (Phi) is 3.26. The summed E-state index contributed by atoms with van der Waals surface area (Å²) in [4.78, 5) is 15.3. The molecule has 7 nitrogen and oxygen atoms in total. The second kappa shape index (κ2) is 5.10. The van der Waals surface area contributed by atoms with E-state index in [1.807, 2.05) is 13.0 Å². The second-order valence-electron chi connectivity index (χ2n) is 4.46. The van der Waals surface area contributed by atoms with Crippen molar-refractivity contribution in [2.75, 3.05) is 18.2 Å². The van der Waals surface area contributed by atoms with E-state index in [1.54, 1.807) is 13.2 Å². The van der Waals surface area contributed by atoms with Crippen molar-refractivity contribution in [2.24, 2.45) is 0 Å². The number of rotatable bonds is 3. The normalized spacial score (nSPS) is 10.8. The standard InChI is InChI=1S/C13H13ClN6O/c1-6-3-8(9(21-2)4-7(6)14)18-12-10-11(17-5-16-10)19-13(15)20-12/h3-5H,1-2H3,(H4,15,16,17,18,19,20). The van der Waals surface area contributed by atoms with Crippen LogP contribution in [-0.2, 0) is 0 Å². The van der Waals surface area contributed by atoms with E-state index >= 15 is 0 Å². The summed E-state index contributed by atoms with van der Waals surface area (Å²) in [5, 5.41) is 3.81. The monoisotopic (exact) mass is 304 g/mol. The summed E-state index contributed by atoms with van der Waals surface area (Å²) in [7, 11) is 1.58. The fourth-order valence-corrected chi connectivity index (χ4v) is 2.15. The van der Waals surface area contributed by atoms with E-state index in [4.69, 9.17) is 22.1 Å². The molecule has 2 aromatic heterocycles. The first-order valence-corrected chi connectivity index (χ1v) is 6.54. The summed E-state index contributed by atoms with van der Waals surface area (Å²) in [6.07, 6.45) is 1.54. The predicted octanol–water partition coefficient (Wildman–Crippen LogP) is 2.65. The lowest BCUT2D eigenvalue weighted by Gasteiger charge is -2.13. The number of imidazole rings is 1. The maximum atomic E-state index is 6.10. The van der Waals surface area contributed by atoms with Crippen molar-refractivity contribution in [1.29, 1.82) is 0 Å². The van der Waals surface area contributed by atoms with Gasteiger partial charge in [0.2, 0.25) is 5.95 Å². The van der Waals surface area contributed by atoms with E-state index in [0.29, 0.717) is 27.8 Å². The number of aromatic amines is 1. The van der Waals surface area contributed by atoms with Gasteiger partial charge in [0.25, 0.3) is 0 Å². The number of hydrogen-bond acceptors (Lipinski definition) is 6. The average Bonchev–Trinajstić information content (AvgIpc) is 2.90. The lowest BCUT2D eigenvalue weighted by atomic mass is 10.2. The molecule has 0 radical (unpaired) electrons. The van der Waals surface area contributed by atoms with Crippen molar-refractivity contribution >= 4 is 40.2 Å². The van der Waals surface area contributed by atoms with Gasteiger partial charge in [0.15, 0.2) is 11.5 Å². The molecule has 1 aromatic carbocycles. The zero-order valence-corrected chi connectivity index (χ0v) is 12.2. The summed E-state index contributed by atoms with van der Waals surface area (Å²) >= 11 is 6.10. The number of nitrogens with one attached hydrogen (secondary N) is 2. The van der Waals surface area contributed by atoms with Crippen LogP contribution in [0, 0.1) is 6.92 Å². The highest BCUT2D eigenvalue weighted by Gasteiger charge is 2.12. The quantitative estimate of drug-likeness (QED) is 0.687. The number of anilines is 3. The van der Waals surface area contributed by atoms with Crippen molar-refractivity contribution in [1.82, 2.24) is 19.9 Å². The summed E-state index contributed by atoms with van der Waals surface area (Å²) in [5.41, 5.74) is 8.50. The maximum absolute atomic E-state index is 6.10. The molecule has 0 aliphatic carbocycles. The molecule has 2 heterocycles. The summed E-state index contributed by atoms with van der Waals surface area (Å²) < 4.78 is 5.33. The zero-order chi connectivity index (χ0) is 15.0. The lowest BCUT2D eigenvalue weighted by Crippen LogP contribution is -2.02. The maximum Gasteiger partial charge on any atom is 0.224 e. The molecule has 108 valence electrons. The summed E-state index contributed by atoms with van der Waals surface area (Å²) in [6.45, 7) is 1.91. The number of benzene rings is 1. The van der Waals surface area contributed by atoms with Gasteiger partial charge in [-0.3, -0.25) is 0 Å². The topological polar surface area (TPSA) is 102 Å². The minimum atomic E-state index is 0.141. The van der Waals surface area contributed by atoms with Gasteiger partial charge >= 0.3 is 0 Å². The zero-order valence-electron chi connectivity index (χ0n) is 11.4. The highest BCUT2D eigenvalue weighted by molar-refractivity contribution is 6.31. The largest absolute Gasteiger partial charge is 0.495 e. The number of halogens is 1. The number of nitrogens with two attached hydrogens (primary N) is 1. The van der Waals surface area contributed by atoms with Crippen molar-refractivity contribution in [3.63, 3.8) is 0 Å². The van der Waals surface area contributed by atoms with Gasteiger partial charge in [-0.15, -0.1) is 0 Å². The van der Waals surface area contributed by atoms with Crippen LogP contribution in [0.5, 0.6) is 5.75 Å². The third-order valence-electron chi connectivity index (χ3n) is 3.04. The predicted molar refractivity (Wildman–Crippen MR) is 82.1 cm³/mol. The van der Waals surface area contributed by atoms with Crippen LogP contribution < -0.4 is 15.8 Å².